The number of hydrogen-bond acceptors (Lipinski definition) is 0. The van der Waals surface area contributed by atoms with Crippen LogP contribution in [0.3, 0.4) is 0 Å². The van der Waals surface area contributed by atoms with Crippen LogP contribution in [0.15, 0.2) is 47.6 Å². The van der Waals surface area contributed by atoms with Crippen molar-refractivity contribution in [3.05, 3.63) is 86.5 Å². The molecule has 0 bridgehead atoms. The molecule has 8 aliphatic rings. The lowest BCUT2D eigenvalue weighted by atomic mass is 9.49. The molecule has 1 aliphatic heterocycles. The van der Waals surface area contributed by atoms with Crippen molar-refractivity contribution in [2.45, 2.75) is 36.5 Å². The Balaban J connectivity index is 1.49. The number of allylic oxidation sites excluding steroid dienone is 2. The Morgan fingerprint density at radius 3 is 2.30 bits per heavy atom. The van der Waals surface area contributed by atoms with E-state index >= 15 is 0 Å². The quantitative estimate of drug-likeness (QED) is 0.166. The fraction of sp³-hybridized carbons (Fsp3) is 0.278. The van der Waals surface area contributed by atoms with Crippen LogP contribution >= 0.6 is 0 Å². The predicted octanol–water partition coefficient (Wildman–Crippen LogP) is 6.97. The highest BCUT2D eigenvalue weighted by Crippen LogP contribution is 2.79. The molecular formula is C36H24N+. The minimum atomic E-state index is 0.119. The summed E-state index contributed by atoms with van der Waals surface area (Å²) < 4.78 is 1.12. The van der Waals surface area contributed by atoms with Gasteiger partial charge >= 0.3 is 0 Å². The third kappa shape index (κ3) is 1.26. The third-order valence-corrected chi connectivity index (χ3v) is 12.5. The van der Waals surface area contributed by atoms with Crippen molar-refractivity contribution in [3.63, 3.8) is 0 Å². The molecule has 172 valence electrons. The summed E-state index contributed by atoms with van der Waals surface area (Å²) in [6, 6.07) is 12.8. The summed E-state index contributed by atoms with van der Waals surface area (Å²) in [5.74, 6) is 0. The number of nitrogens with zero attached hydrogens (tertiary/aromatic N) is 1. The first-order valence-corrected chi connectivity index (χ1v) is 14.3. The molecule has 2 spiro atoms. The molecule has 37 heavy (non-hydrogen) atoms. The highest BCUT2D eigenvalue weighted by Gasteiger charge is 2.76. The molecule has 0 aromatic heterocycles. The van der Waals surface area contributed by atoms with Crippen molar-refractivity contribution in [1.82, 2.24) is 0 Å². The van der Waals surface area contributed by atoms with E-state index in [4.69, 9.17) is 0 Å². The van der Waals surface area contributed by atoms with Crippen LogP contribution in [0.4, 0.5) is 0 Å². The summed E-state index contributed by atoms with van der Waals surface area (Å²) >= 11 is 0. The van der Waals surface area contributed by atoms with Crippen LogP contribution in [0, 0.1) is 0 Å². The highest BCUT2D eigenvalue weighted by molar-refractivity contribution is 6.41. The van der Waals surface area contributed by atoms with E-state index in [1.165, 1.54) is 36.7 Å². The largest absolute Gasteiger partial charge is 0.326 e. The molecule has 0 N–H and O–H groups in total. The molecular weight excluding hydrogens is 446 g/mol. The SMILES string of the molecule is C[N+]1(C)CC23C4=CC5=C6c7c(cc8c9c7c(c7c%10c9c(cc9ccc%11cc(c2c-7c%11c9%10)C4)C8)C63C1)CC5. The van der Waals surface area contributed by atoms with E-state index in [0.29, 0.717) is 0 Å². The Kier molecular flexibility index (Phi) is 2.01. The summed E-state index contributed by atoms with van der Waals surface area (Å²) in [4.78, 5) is 0. The van der Waals surface area contributed by atoms with Gasteiger partial charge in [-0.2, -0.15) is 0 Å². The smallest absolute Gasteiger partial charge is 0.0937 e. The normalized spacial score (nSPS) is 29.7. The van der Waals surface area contributed by atoms with Crippen LogP contribution < -0.4 is 0 Å². The number of likely N-dealkylation sites (tertiary alicyclic amines) is 1. The molecule has 0 amide bonds. The minimum Gasteiger partial charge on any atom is -0.326 e. The lowest BCUT2D eigenvalue weighted by Gasteiger charge is -2.49. The summed E-state index contributed by atoms with van der Waals surface area (Å²) in [5, 5.41) is 12.8. The Bertz CT molecular complexity index is 2320. The Morgan fingerprint density at radius 2 is 1.38 bits per heavy atom. The van der Waals surface area contributed by atoms with Gasteiger partial charge in [-0.15, -0.1) is 0 Å². The van der Waals surface area contributed by atoms with Crippen molar-refractivity contribution >= 4 is 48.7 Å². The molecule has 1 heteroatoms. The number of likely N-dealkylation sites (N-methyl/N-ethyl adjacent to an activating group) is 1. The van der Waals surface area contributed by atoms with Gasteiger partial charge in [0, 0.05) is 0 Å². The molecule has 13 rings (SSSR count). The third-order valence-electron chi connectivity index (χ3n) is 12.5. The zero-order valence-corrected chi connectivity index (χ0v) is 21.2. The topological polar surface area (TPSA) is 0 Å². The average Bonchev–Trinajstić information content (AvgIpc) is 3.61. The molecule has 0 radical (unpaired) electrons. The number of benzene rings is 5. The van der Waals surface area contributed by atoms with E-state index in [9.17, 15) is 0 Å². The van der Waals surface area contributed by atoms with Crippen molar-refractivity contribution in [3.8, 4) is 11.1 Å². The molecule has 2 atom stereocenters. The molecule has 7 aliphatic carbocycles. The maximum atomic E-state index is 2.75. The van der Waals surface area contributed by atoms with E-state index in [1.54, 1.807) is 99.1 Å². The summed E-state index contributed by atoms with van der Waals surface area (Å²) in [7, 11) is 5.07. The minimum absolute atomic E-state index is 0.119. The van der Waals surface area contributed by atoms with Crippen molar-refractivity contribution < 1.29 is 4.48 Å². The standard InChI is InChI=1S/C36H24N/c1-37(2)13-35-22-11-18-6-5-17-8-20-10-19-7-15-3-4-16-9-21(12-22)33(35)30-24(16)23(15)28-25(19)26(20)29-27(17)32(18)36(35,14-37)34(29)31(28)30/h3-4,7-9,11H,5-6,10,12-14H2,1-2H3/q+1. The van der Waals surface area contributed by atoms with Gasteiger partial charge in [0.05, 0.1) is 38.0 Å². The second-order valence-electron chi connectivity index (χ2n) is 14.4. The number of aryl methyl sites for hydroxylation is 1. The van der Waals surface area contributed by atoms with Crippen molar-refractivity contribution in [2.75, 3.05) is 27.2 Å². The second-order valence-corrected chi connectivity index (χ2v) is 14.4. The van der Waals surface area contributed by atoms with Gasteiger partial charge in [0.1, 0.15) is 0 Å². The number of hydrogen-bond donors (Lipinski definition) is 0. The predicted molar refractivity (Wildman–Crippen MR) is 150 cm³/mol. The lowest BCUT2D eigenvalue weighted by molar-refractivity contribution is -0.880. The van der Waals surface area contributed by atoms with Crippen LogP contribution in [0.2, 0.25) is 0 Å². The Labute approximate surface area is 214 Å². The maximum absolute atomic E-state index is 2.75. The van der Waals surface area contributed by atoms with Gasteiger partial charge in [-0.1, -0.05) is 36.4 Å². The van der Waals surface area contributed by atoms with E-state index in [1.807, 2.05) is 0 Å². The van der Waals surface area contributed by atoms with Gasteiger partial charge in [-0.3, -0.25) is 0 Å². The average molecular weight is 471 g/mol. The molecule has 1 heterocycles. The van der Waals surface area contributed by atoms with Crippen molar-refractivity contribution in [2.24, 2.45) is 0 Å². The Hall–Kier alpha value is -3.42. The van der Waals surface area contributed by atoms with Crippen LogP contribution in [-0.2, 0) is 30.1 Å². The first-order valence-electron chi connectivity index (χ1n) is 14.3. The van der Waals surface area contributed by atoms with E-state index in [2.05, 4.69) is 50.5 Å². The second kappa shape index (κ2) is 4.33. The zero-order valence-electron chi connectivity index (χ0n) is 21.2. The summed E-state index contributed by atoms with van der Waals surface area (Å²) in [5.41, 5.74) is 20.7. The molecule has 0 saturated carbocycles. The molecule has 5 aromatic carbocycles. The molecule has 1 nitrogen and oxygen atoms in total. The van der Waals surface area contributed by atoms with E-state index in [-0.39, 0.29) is 10.8 Å². The van der Waals surface area contributed by atoms with Gasteiger partial charge in [-0.05, 0) is 136 Å². The lowest BCUT2D eigenvalue weighted by Crippen LogP contribution is -2.51. The molecule has 1 saturated heterocycles. The van der Waals surface area contributed by atoms with Crippen LogP contribution in [-0.4, -0.2) is 31.7 Å². The summed E-state index contributed by atoms with van der Waals surface area (Å²) in [6.07, 6.45) is 7.47. The van der Waals surface area contributed by atoms with Crippen LogP contribution in [0.25, 0.3) is 59.8 Å². The summed E-state index contributed by atoms with van der Waals surface area (Å²) in [6.45, 7) is 2.49. The fourth-order valence-corrected chi connectivity index (χ4v) is 12.2. The fourth-order valence-electron chi connectivity index (χ4n) is 12.2. The van der Waals surface area contributed by atoms with Gasteiger partial charge in [0.15, 0.2) is 0 Å². The molecule has 2 unspecified atom stereocenters. The van der Waals surface area contributed by atoms with Crippen molar-refractivity contribution in [1.29, 1.82) is 0 Å². The van der Waals surface area contributed by atoms with E-state index in [0.717, 1.165) is 17.3 Å². The first kappa shape index (κ1) is 17.2. The van der Waals surface area contributed by atoms with Gasteiger partial charge in [-0.25, -0.2) is 0 Å². The zero-order chi connectivity index (χ0) is 23.5. The number of quaternary nitrogens is 1. The Morgan fingerprint density at radius 1 is 0.622 bits per heavy atom. The van der Waals surface area contributed by atoms with Gasteiger partial charge in [0.2, 0.25) is 0 Å². The van der Waals surface area contributed by atoms with E-state index < -0.39 is 0 Å². The molecule has 1 fully saturated rings. The number of rotatable bonds is 0. The maximum Gasteiger partial charge on any atom is 0.0937 e. The highest BCUT2D eigenvalue weighted by atomic mass is 15.4. The van der Waals surface area contributed by atoms with Crippen LogP contribution in [0.5, 0.6) is 0 Å². The van der Waals surface area contributed by atoms with Gasteiger partial charge < -0.3 is 4.48 Å². The molecule has 5 aromatic rings. The van der Waals surface area contributed by atoms with Gasteiger partial charge in [0.25, 0.3) is 0 Å². The monoisotopic (exact) mass is 470 g/mol. The first-order chi connectivity index (χ1) is 18.0. The van der Waals surface area contributed by atoms with Crippen LogP contribution in [0.1, 0.15) is 45.4 Å².